The zero-order valence-electron chi connectivity index (χ0n) is 17.3. The van der Waals surface area contributed by atoms with Crippen LogP contribution in [-0.4, -0.2) is 19.0 Å². The van der Waals surface area contributed by atoms with Gasteiger partial charge >= 0.3 is 12.2 Å². The van der Waals surface area contributed by atoms with Crippen molar-refractivity contribution in [1.29, 1.82) is 0 Å². The molecular weight excluding hydrogens is 419 g/mol. The monoisotopic (exact) mass is 441 g/mol. The number of alkyl halides is 3. The molecule has 2 N–H and O–H groups in total. The Morgan fingerprint density at radius 2 is 1.56 bits per heavy atom. The predicted octanol–water partition coefficient (Wildman–Crippen LogP) is 5.23. The average molecular weight is 441 g/mol. The van der Waals surface area contributed by atoms with Gasteiger partial charge in [0, 0.05) is 25.0 Å². The van der Waals surface area contributed by atoms with Crippen LogP contribution in [-0.2, 0) is 23.9 Å². The Bertz CT molecular complexity index is 1070. The first-order chi connectivity index (χ1) is 15.2. The van der Waals surface area contributed by atoms with Crippen molar-refractivity contribution in [2.45, 2.75) is 19.1 Å². The number of halogens is 3. The van der Waals surface area contributed by atoms with Gasteiger partial charge in [-0.1, -0.05) is 42.5 Å². The van der Waals surface area contributed by atoms with Crippen molar-refractivity contribution >= 4 is 23.3 Å². The van der Waals surface area contributed by atoms with E-state index in [-0.39, 0.29) is 18.9 Å². The average Bonchev–Trinajstić information content (AvgIpc) is 2.78. The van der Waals surface area contributed by atoms with Gasteiger partial charge in [-0.05, 0) is 47.5 Å². The molecule has 166 valence electrons. The highest BCUT2D eigenvalue weighted by Gasteiger charge is 2.30. The Morgan fingerprint density at radius 1 is 0.875 bits per heavy atom. The van der Waals surface area contributed by atoms with Crippen LogP contribution < -0.4 is 15.5 Å². The van der Waals surface area contributed by atoms with Gasteiger partial charge in [0.1, 0.15) is 0 Å². The molecule has 0 aliphatic rings. The molecule has 0 radical (unpaired) electrons. The molecule has 3 aromatic carbocycles. The highest BCUT2D eigenvalue weighted by atomic mass is 19.4. The van der Waals surface area contributed by atoms with E-state index >= 15 is 0 Å². The van der Waals surface area contributed by atoms with Gasteiger partial charge in [-0.15, -0.1) is 0 Å². The van der Waals surface area contributed by atoms with Crippen LogP contribution in [0.5, 0.6) is 0 Å². The molecule has 8 heteroatoms. The topological polar surface area (TPSA) is 61.4 Å². The minimum Gasteiger partial charge on any atom is -0.334 e. The van der Waals surface area contributed by atoms with E-state index in [0.717, 1.165) is 23.4 Å². The van der Waals surface area contributed by atoms with Crippen LogP contribution in [0.4, 0.5) is 29.3 Å². The summed E-state index contributed by atoms with van der Waals surface area (Å²) in [5, 5.41) is 5.15. The van der Waals surface area contributed by atoms with Crippen LogP contribution in [0.25, 0.3) is 0 Å². The van der Waals surface area contributed by atoms with E-state index < -0.39 is 17.8 Å². The number of urea groups is 1. The highest BCUT2D eigenvalue weighted by Crippen LogP contribution is 2.29. The number of amides is 3. The zero-order chi connectivity index (χ0) is 23.1. The van der Waals surface area contributed by atoms with Gasteiger partial charge in [0.25, 0.3) is 0 Å². The van der Waals surface area contributed by atoms with Gasteiger partial charge in [0.05, 0.1) is 12.0 Å². The molecule has 5 nitrogen and oxygen atoms in total. The maximum absolute atomic E-state index is 12.8. The van der Waals surface area contributed by atoms with E-state index in [9.17, 15) is 22.8 Å². The lowest BCUT2D eigenvalue weighted by Crippen LogP contribution is -2.28. The van der Waals surface area contributed by atoms with Gasteiger partial charge in [0.2, 0.25) is 5.91 Å². The Kier molecular flexibility index (Phi) is 7.14. The first-order valence-corrected chi connectivity index (χ1v) is 9.84. The molecule has 0 aromatic heterocycles. The summed E-state index contributed by atoms with van der Waals surface area (Å²) < 4.78 is 38.3. The SMILES string of the molecule is CN(C(=O)Cc1ccc(NC(=O)NCc2cccc(C(F)(F)F)c2)cc1)c1ccccc1. The van der Waals surface area contributed by atoms with Crippen molar-refractivity contribution in [1.82, 2.24) is 5.32 Å². The molecule has 3 aromatic rings. The predicted molar refractivity (Wildman–Crippen MR) is 117 cm³/mol. The molecule has 0 aliphatic carbocycles. The molecule has 0 saturated carbocycles. The number of anilines is 2. The number of nitrogens with one attached hydrogen (secondary N) is 2. The maximum Gasteiger partial charge on any atom is 0.416 e. The molecule has 0 spiro atoms. The van der Waals surface area contributed by atoms with Crippen molar-refractivity contribution in [3.05, 3.63) is 95.6 Å². The molecule has 3 amide bonds. The molecule has 0 aliphatic heterocycles. The number of benzene rings is 3. The molecular formula is C24H22F3N3O2. The fourth-order valence-corrected chi connectivity index (χ4v) is 3.01. The lowest BCUT2D eigenvalue weighted by atomic mass is 10.1. The van der Waals surface area contributed by atoms with Crippen LogP contribution >= 0.6 is 0 Å². The number of likely N-dealkylation sites (N-methyl/N-ethyl adjacent to an activating group) is 1. The molecule has 0 atom stereocenters. The molecule has 32 heavy (non-hydrogen) atoms. The van der Waals surface area contributed by atoms with Gasteiger partial charge in [-0.2, -0.15) is 13.2 Å². The van der Waals surface area contributed by atoms with Crippen LogP contribution in [0.2, 0.25) is 0 Å². The smallest absolute Gasteiger partial charge is 0.334 e. The van der Waals surface area contributed by atoms with Crippen LogP contribution in [0.15, 0.2) is 78.9 Å². The summed E-state index contributed by atoms with van der Waals surface area (Å²) >= 11 is 0. The maximum atomic E-state index is 12.8. The van der Waals surface area contributed by atoms with E-state index in [1.165, 1.54) is 12.1 Å². The lowest BCUT2D eigenvalue weighted by molar-refractivity contribution is -0.137. The minimum absolute atomic E-state index is 0.0475. The normalized spacial score (nSPS) is 11.0. The van der Waals surface area contributed by atoms with Crippen LogP contribution in [0.1, 0.15) is 16.7 Å². The summed E-state index contributed by atoms with van der Waals surface area (Å²) in [6, 6.07) is 20.3. The van der Waals surface area contributed by atoms with Crippen molar-refractivity contribution in [3.8, 4) is 0 Å². The van der Waals surface area contributed by atoms with Crippen molar-refractivity contribution < 1.29 is 22.8 Å². The summed E-state index contributed by atoms with van der Waals surface area (Å²) in [4.78, 5) is 26.1. The Hall–Kier alpha value is -3.81. The number of nitrogens with zero attached hydrogens (tertiary/aromatic N) is 1. The minimum atomic E-state index is -4.43. The largest absolute Gasteiger partial charge is 0.416 e. The molecule has 0 heterocycles. The van der Waals surface area contributed by atoms with E-state index in [4.69, 9.17) is 0 Å². The summed E-state index contributed by atoms with van der Waals surface area (Å²) in [6.45, 7) is -0.0475. The third-order valence-electron chi connectivity index (χ3n) is 4.79. The Balaban J connectivity index is 1.51. The summed E-state index contributed by atoms with van der Waals surface area (Å²) in [5.41, 5.74) is 1.66. The highest BCUT2D eigenvalue weighted by molar-refractivity contribution is 5.94. The molecule has 3 rings (SSSR count). The van der Waals surface area contributed by atoms with Crippen molar-refractivity contribution in [2.75, 3.05) is 17.3 Å². The fourth-order valence-electron chi connectivity index (χ4n) is 3.01. The van der Waals surface area contributed by atoms with Gasteiger partial charge in [0.15, 0.2) is 0 Å². The lowest BCUT2D eigenvalue weighted by Gasteiger charge is -2.17. The first-order valence-electron chi connectivity index (χ1n) is 9.84. The van der Waals surface area contributed by atoms with Crippen LogP contribution in [0.3, 0.4) is 0 Å². The van der Waals surface area contributed by atoms with Gasteiger partial charge < -0.3 is 15.5 Å². The second-order valence-electron chi connectivity index (χ2n) is 7.17. The Morgan fingerprint density at radius 3 is 2.22 bits per heavy atom. The van der Waals surface area contributed by atoms with E-state index in [1.807, 2.05) is 30.3 Å². The third-order valence-corrected chi connectivity index (χ3v) is 4.79. The second-order valence-corrected chi connectivity index (χ2v) is 7.17. The number of hydrogen-bond donors (Lipinski definition) is 2. The summed E-state index contributed by atoms with van der Waals surface area (Å²) in [7, 11) is 1.71. The van der Waals surface area contributed by atoms with E-state index in [1.54, 1.807) is 36.2 Å². The molecule has 0 unspecified atom stereocenters. The van der Waals surface area contributed by atoms with E-state index in [2.05, 4.69) is 10.6 Å². The van der Waals surface area contributed by atoms with Crippen molar-refractivity contribution in [3.63, 3.8) is 0 Å². The number of carbonyl (C=O) groups is 2. The quantitative estimate of drug-likeness (QED) is 0.550. The Labute approximate surface area is 183 Å². The number of para-hydroxylation sites is 1. The molecule has 0 bridgehead atoms. The number of carbonyl (C=O) groups excluding carboxylic acids is 2. The molecule has 0 fully saturated rings. The summed E-state index contributed by atoms with van der Waals surface area (Å²) in [6.07, 6.45) is -4.23. The fraction of sp³-hybridized carbons (Fsp3) is 0.167. The third kappa shape index (κ3) is 6.34. The standard InChI is InChI=1S/C24H22F3N3O2/c1-30(21-8-3-2-4-9-21)22(31)15-17-10-12-20(13-11-17)29-23(32)28-16-18-6-5-7-19(14-18)24(25,26)27/h2-14H,15-16H2,1H3,(H2,28,29,32). The number of rotatable bonds is 6. The van der Waals surface area contributed by atoms with E-state index in [0.29, 0.717) is 11.3 Å². The van der Waals surface area contributed by atoms with Crippen molar-refractivity contribution in [2.24, 2.45) is 0 Å². The van der Waals surface area contributed by atoms with Gasteiger partial charge in [-0.3, -0.25) is 4.79 Å². The first kappa shape index (κ1) is 22.9. The van der Waals surface area contributed by atoms with Crippen LogP contribution in [0, 0.1) is 0 Å². The zero-order valence-corrected chi connectivity index (χ0v) is 17.3. The molecule has 0 saturated heterocycles. The second kappa shape index (κ2) is 10.00. The number of hydrogen-bond acceptors (Lipinski definition) is 2. The summed E-state index contributed by atoms with van der Waals surface area (Å²) in [5.74, 6) is -0.0734. The van der Waals surface area contributed by atoms with Gasteiger partial charge in [-0.25, -0.2) is 4.79 Å².